The summed E-state index contributed by atoms with van der Waals surface area (Å²) < 4.78 is 6.67. The first-order valence-corrected chi connectivity index (χ1v) is 5.36. The van der Waals surface area contributed by atoms with Crippen molar-refractivity contribution in [1.29, 1.82) is 0 Å². The minimum Gasteiger partial charge on any atom is -0.477 e. The SMILES string of the molecule is CCCn1cc(-c2noc(C)c2C(=O)O)cn1. The van der Waals surface area contributed by atoms with E-state index in [9.17, 15) is 4.79 Å². The van der Waals surface area contributed by atoms with Crippen molar-refractivity contribution in [3.05, 3.63) is 23.7 Å². The molecule has 0 aliphatic rings. The van der Waals surface area contributed by atoms with Gasteiger partial charge in [0, 0.05) is 18.3 Å². The maximum atomic E-state index is 11.1. The van der Waals surface area contributed by atoms with E-state index in [1.54, 1.807) is 24.0 Å². The van der Waals surface area contributed by atoms with Gasteiger partial charge in [-0.1, -0.05) is 12.1 Å². The summed E-state index contributed by atoms with van der Waals surface area (Å²) >= 11 is 0. The molecule has 17 heavy (non-hydrogen) atoms. The van der Waals surface area contributed by atoms with Crippen molar-refractivity contribution in [2.45, 2.75) is 26.8 Å². The number of rotatable bonds is 4. The second-order valence-corrected chi connectivity index (χ2v) is 3.76. The molecule has 0 aromatic carbocycles. The Bertz CT molecular complexity index is 542. The molecule has 0 radical (unpaired) electrons. The molecule has 6 nitrogen and oxygen atoms in total. The number of nitrogens with zero attached hydrogens (tertiary/aromatic N) is 3. The van der Waals surface area contributed by atoms with Crippen molar-refractivity contribution >= 4 is 5.97 Å². The third-order valence-electron chi connectivity index (χ3n) is 2.44. The van der Waals surface area contributed by atoms with Crippen LogP contribution in [-0.4, -0.2) is 26.0 Å². The molecule has 90 valence electrons. The van der Waals surface area contributed by atoms with Gasteiger partial charge in [0.25, 0.3) is 0 Å². The van der Waals surface area contributed by atoms with Crippen LogP contribution in [0.15, 0.2) is 16.9 Å². The predicted molar refractivity (Wildman–Crippen MR) is 59.7 cm³/mol. The second-order valence-electron chi connectivity index (χ2n) is 3.76. The summed E-state index contributed by atoms with van der Waals surface area (Å²) in [6, 6.07) is 0. The fraction of sp³-hybridized carbons (Fsp3) is 0.364. The van der Waals surface area contributed by atoms with E-state index in [-0.39, 0.29) is 5.56 Å². The van der Waals surface area contributed by atoms with Crippen LogP contribution in [0.4, 0.5) is 0 Å². The zero-order valence-electron chi connectivity index (χ0n) is 9.67. The van der Waals surface area contributed by atoms with E-state index in [4.69, 9.17) is 9.63 Å². The van der Waals surface area contributed by atoms with Gasteiger partial charge < -0.3 is 9.63 Å². The highest BCUT2D eigenvalue weighted by atomic mass is 16.5. The van der Waals surface area contributed by atoms with Crippen molar-refractivity contribution in [3.8, 4) is 11.3 Å². The van der Waals surface area contributed by atoms with Crippen LogP contribution < -0.4 is 0 Å². The third-order valence-corrected chi connectivity index (χ3v) is 2.44. The number of aryl methyl sites for hydroxylation is 2. The average Bonchev–Trinajstić information content (AvgIpc) is 2.84. The first-order chi connectivity index (χ1) is 8.13. The zero-order valence-corrected chi connectivity index (χ0v) is 9.67. The predicted octanol–water partition coefficient (Wildman–Crippen LogP) is 1.95. The highest BCUT2D eigenvalue weighted by molar-refractivity contribution is 5.95. The fourth-order valence-electron chi connectivity index (χ4n) is 1.66. The van der Waals surface area contributed by atoms with Crippen molar-refractivity contribution in [2.75, 3.05) is 0 Å². The smallest absolute Gasteiger partial charge is 0.341 e. The Labute approximate surface area is 97.8 Å². The van der Waals surface area contributed by atoms with Gasteiger partial charge in [0.15, 0.2) is 0 Å². The minimum atomic E-state index is -1.04. The van der Waals surface area contributed by atoms with E-state index in [0.29, 0.717) is 17.0 Å². The van der Waals surface area contributed by atoms with Gasteiger partial charge in [-0.2, -0.15) is 5.10 Å². The van der Waals surface area contributed by atoms with E-state index in [0.717, 1.165) is 13.0 Å². The van der Waals surface area contributed by atoms with Crippen LogP contribution in [0.3, 0.4) is 0 Å². The molecule has 0 amide bonds. The Hall–Kier alpha value is -2.11. The van der Waals surface area contributed by atoms with Crippen LogP contribution in [0.1, 0.15) is 29.5 Å². The first kappa shape index (κ1) is 11.4. The number of hydrogen-bond acceptors (Lipinski definition) is 4. The van der Waals surface area contributed by atoms with E-state index in [1.807, 2.05) is 6.92 Å². The highest BCUT2D eigenvalue weighted by Gasteiger charge is 2.21. The Kier molecular flexibility index (Phi) is 2.95. The molecule has 0 aliphatic carbocycles. The van der Waals surface area contributed by atoms with Crippen molar-refractivity contribution < 1.29 is 14.4 Å². The molecular formula is C11H13N3O3. The second kappa shape index (κ2) is 4.40. The maximum Gasteiger partial charge on any atom is 0.341 e. The Morgan fingerprint density at radius 2 is 2.35 bits per heavy atom. The Morgan fingerprint density at radius 3 is 3.00 bits per heavy atom. The summed E-state index contributed by atoms with van der Waals surface area (Å²) in [7, 11) is 0. The molecule has 0 saturated heterocycles. The molecule has 0 unspecified atom stereocenters. The lowest BCUT2D eigenvalue weighted by Gasteiger charge is -1.95. The van der Waals surface area contributed by atoms with Crippen LogP contribution in [-0.2, 0) is 6.54 Å². The Balaban J connectivity index is 2.42. The van der Waals surface area contributed by atoms with Gasteiger partial charge in [-0.05, 0) is 13.3 Å². The molecule has 0 saturated carbocycles. The molecule has 2 aromatic heterocycles. The summed E-state index contributed by atoms with van der Waals surface area (Å²) in [4.78, 5) is 11.1. The molecule has 0 atom stereocenters. The molecule has 2 heterocycles. The van der Waals surface area contributed by atoms with Crippen LogP contribution in [0, 0.1) is 6.92 Å². The molecule has 0 spiro atoms. The lowest BCUT2D eigenvalue weighted by Crippen LogP contribution is -1.99. The normalized spacial score (nSPS) is 10.7. The zero-order chi connectivity index (χ0) is 12.4. The number of carboxylic acids is 1. The summed E-state index contributed by atoms with van der Waals surface area (Å²) in [5.74, 6) is -0.738. The van der Waals surface area contributed by atoms with Crippen molar-refractivity contribution in [2.24, 2.45) is 0 Å². The minimum absolute atomic E-state index is 0.0982. The average molecular weight is 235 g/mol. The lowest BCUT2D eigenvalue weighted by atomic mass is 10.1. The quantitative estimate of drug-likeness (QED) is 0.875. The van der Waals surface area contributed by atoms with Crippen LogP contribution in [0.25, 0.3) is 11.3 Å². The van der Waals surface area contributed by atoms with E-state index in [2.05, 4.69) is 10.3 Å². The summed E-state index contributed by atoms with van der Waals surface area (Å²) in [5, 5.41) is 17.0. The van der Waals surface area contributed by atoms with Crippen molar-refractivity contribution in [1.82, 2.24) is 14.9 Å². The van der Waals surface area contributed by atoms with E-state index in [1.165, 1.54) is 0 Å². The standard InChI is InChI=1S/C11H13N3O3/c1-3-4-14-6-8(5-12-14)10-9(11(15)16)7(2)17-13-10/h5-6H,3-4H2,1-2H3,(H,15,16). The van der Waals surface area contributed by atoms with Crippen LogP contribution in [0.2, 0.25) is 0 Å². The number of carboxylic acid groups (broad SMARTS) is 1. The van der Waals surface area contributed by atoms with E-state index < -0.39 is 5.97 Å². The van der Waals surface area contributed by atoms with Gasteiger partial charge >= 0.3 is 5.97 Å². The van der Waals surface area contributed by atoms with Gasteiger partial charge in [-0.25, -0.2) is 4.79 Å². The van der Waals surface area contributed by atoms with E-state index >= 15 is 0 Å². The van der Waals surface area contributed by atoms with Gasteiger partial charge in [0.2, 0.25) is 0 Å². The number of aromatic nitrogens is 3. The fourth-order valence-corrected chi connectivity index (χ4v) is 1.66. The molecular weight excluding hydrogens is 222 g/mol. The number of aromatic carboxylic acids is 1. The first-order valence-electron chi connectivity index (χ1n) is 5.36. The lowest BCUT2D eigenvalue weighted by molar-refractivity contribution is 0.0696. The molecule has 2 rings (SSSR count). The van der Waals surface area contributed by atoms with Crippen molar-refractivity contribution in [3.63, 3.8) is 0 Å². The van der Waals surface area contributed by atoms with Gasteiger partial charge in [-0.15, -0.1) is 0 Å². The Morgan fingerprint density at radius 1 is 1.59 bits per heavy atom. The molecule has 6 heteroatoms. The highest BCUT2D eigenvalue weighted by Crippen LogP contribution is 2.24. The summed E-state index contributed by atoms with van der Waals surface area (Å²) in [6.45, 7) is 4.42. The van der Waals surface area contributed by atoms with Gasteiger partial charge in [0.05, 0.1) is 6.20 Å². The molecule has 0 aliphatic heterocycles. The topological polar surface area (TPSA) is 81.2 Å². The number of hydrogen-bond donors (Lipinski definition) is 1. The molecule has 1 N–H and O–H groups in total. The van der Waals surface area contributed by atoms with Crippen LogP contribution in [0.5, 0.6) is 0 Å². The number of carbonyl (C=O) groups is 1. The van der Waals surface area contributed by atoms with Gasteiger partial charge in [0.1, 0.15) is 17.0 Å². The largest absolute Gasteiger partial charge is 0.477 e. The molecule has 0 fully saturated rings. The van der Waals surface area contributed by atoms with Crippen LogP contribution >= 0.6 is 0 Å². The third kappa shape index (κ3) is 2.06. The molecule has 0 bridgehead atoms. The van der Waals surface area contributed by atoms with Gasteiger partial charge in [-0.3, -0.25) is 4.68 Å². The summed E-state index contributed by atoms with van der Waals surface area (Å²) in [5.41, 5.74) is 1.09. The molecule has 2 aromatic rings. The maximum absolute atomic E-state index is 11.1. The monoisotopic (exact) mass is 235 g/mol. The summed E-state index contributed by atoms with van der Waals surface area (Å²) in [6.07, 6.45) is 4.33.